The maximum absolute atomic E-state index is 12.9. The molecule has 2 heterocycles. The van der Waals surface area contributed by atoms with E-state index in [0.29, 0.717) is 22.1 Å². The number of carbonyl (C=O) groups is 1. The average molecular weight is 475 g/mol. The van der Waals surface area contributed by atoms with E-state index in [2.05, 4.69) is 19.5 Å². The minimum atomic E-state index is -3.88. The normalized spacial score (nSPS) is 13.8. The van der Waals surface area contributed by atoms with Gasteiger partial charge < -0.3 is 9.30 Å². The van der Waals surface area contributed by atoms with Gasteiger partial charge in [0.25, 0.3) is 10.0 Å². The summed E-state index contributed by atoms with van der Waals surface area (Å²) in [7, 11) is -3.88. The number of sulfonamides is 1. The van der Waals surface area contributed by atoms with Crippen LogP contribution in [0.25, 0.3) is 11.4 Å². The summed E-state index contributed by atoms with van der Waals surface area (Å²) in [6, 6.07) is 10.5. The maximum Gasteiger partial charge on any atom is 0.338 e. The van der Waals surface area contributed by atoms with Crippen LogP contribution >= 0.6 is 11.6 Å². The Balaban J connectivity index is 1.60. The summed E-state index contributed by atoms with van der Waals surface area (Å²) in [6.07, 6.45) is 4.09. The lowest BCUT2D eigenvalue weighted by Gasteiger charge is -2.12. The number of aryl methyl sites for hydroxylation is 1. The van der Waals surface area contributed by atoms with Crippen molar-refractivity contribution in [3.05, 3.63) is 58.9 Å². The van der Waals surface area contributed by atoms with Gasteiger partial charge in [-0.2, -0.15) is 0 Å². The van der Waals surface area contributed by atoms with Crippen LogP contribution in [0.5, 0.6) is 0 Å². The van der Waals surface area contributed by atoms with Crippen LogP contribution in [0.3, 0.4) is 0 Å². The average Bonchev–Trinajstić information content (AvgIpc) is 3.02. The molecule has 168 valence electrons. The van der Waals surface area contributed by atoms with Crippen LogP contribution in [0.15, 0.2) is 47.4 Å². The molecule has 0 aliphatic carbocycles. The molecule has 0 atom stereocenters. The first kappa shape index (κ1) is 22.3. The van der Waals surface area contributed by atoms with Crippen LogP contribution in [-0.2, 0) is 27.7 Å². The lowest BCUT2D eigenvalue weighted by Crippen LogP contribution is -2.13. The van der Waals surface area contributed by atoms with Gasteiger partial charge in [0.15, 0.2) is 5.82 Å². The SMILES string of the molecule is CCOC(=O)c1ccc(S(=O)(=O)Nc2ccc(Cl)c(-c3nnc4n3CCCCC4)c2)cc1. The number of hydrogen-bond donors (Lipinski definition) is 1. The molecular weight excluding hydrogens is 452 g/mol. The topological polar surface area (TPSA) is 103 Å². The van der Waals surface area contributed by atoms with Gasteiger partial charge in [-0.3, -0.25) is 4.72 Å². The second-order valence-electron chi connectivity index (χ2n) is 7.45. The molecule has 1 aliphatic rings. The van der Waals surface area contributed by atoms with E-state index in [1.165, 1.54) is 24.3 Å². The third-order valence-electron chi connectivity index (χ3n) is 5.24. The Labute approximate surface area is 191 Å². The molecule has 10 heteroatoms. The Kier molecular flexibility index (Phi) is 6.48. The van der Waals surface area contributed by atoms with Gasteiger partial charge in [-0.05, 0) is 62.2 Å². The first-order chi connectivity index (χ1) is 15.4. The van der Waals surface area contributed by atoms with E-state index in [1.807, 2.05) is 0 Å². The molecule has 0 saturated carbocycles. The molecule has 1 aromatic heterocycles. The molecule has 1 N–H and O–H groups in total. The number of anilines is 1. The Morgan fingerprint density at radius 2 is 1.91 bits per heavy atom. The molecule has 0 saturated heterocycles. The van der Waals surface area contributed by atoms with Crippen LogP contribution in [0.2, 0.25) is 5.02 Å². The number of ether oxygens (including phenoxy) is 1. The van der Waals surface area contributed by atoms with Crippen molar-refractivity contribution in [3.8, 4) is 11.4 Å². The highest BCUT2D eigenvalue weighted by Crippen LogP contribution is 2.32. The van der Waals surface area contributed by atoms with Crippen molar-refractivity contribution < 1.29 is 17.9 Å². The van der Waals surface area contributed by atoms with E-state index >= 15 is 0 Å². The van der Waals surface area contributed by atoms with Crippen molar-refractivity contribution in [2.45, 2.75) is 44.0 Å². The van der Waals surface area contributed by atoms with Gasteiger partial charge >= 0.3 is 5.97 Å². The second kappa shape index (κ2) is 9.30. The molecule has 1 aliphatic heterocycles. The van der Waals surface area contributed by atoms with Crippen LogP contribution in [0.4, 0.5) is 5.69 Å². The fraction of sp³-hybridized carbons (Fsp3) is 0.318. The van der Waals surface area contributed by atoms with E-state index in [0.717, 1.165) is 38.1 Å². The molecule has 0 amide bonds. The highest BCUT2D eigenvalue weighted by atomic mass is 35.5. The Bertz CT molecular complexity index is 1240. The third kappa shape index (κ3) is 4.63. The predicted molar refractivity (Wildman–Crippen MR) is 121 cm³/mol. The molecule has 32 heavy (non-hydrogen) atoms. The van der Waals surface area contributed by atoms with Crippen molar-refractivity contribution in [3.63, 3.8) is 0 Å². The predicted octanol–water partition coefficient (Wildman–Crippen LogP) is 4.30. The summed E-state index contributed by atoms with van der Waals surface area (Å²) >= 11 is 6.43. The maximum atomic E-state index is 12.9. The monoisotopic (exact) mass is 474 g/mol. The summed E-state index contributed by atoms with van der Waals surface area (Å²) in [5.74, 6) is 1.05. The van der Waals surface area contributed by atoms with Gasteiger partial charge in [0.1, 0.15) is 5.82 Å². The van der Waals surface area contributed by atoms with E-state index < -0.39 is 16.0 Å². The molecule has 3 aromatic rings. The number of rotatable bonds is 6. The zero-order valence-corrected chi connectivity index (χ0v) is 19.1. The molecule has 0 fully saturated rings. The standard InChI is InChI=1S/C22H23ClN4O4S/c1-2-31-22(28)15-7-10-17(11-8-15)32(29,30)26-16-9-12-19(23)18(14-16)21-25-24-20-6-4-3-5-13-27(20)21/h7-12,14,26H,2-6,13H2,1H3. The molecule has 0 unspecified atom stereocenters. The van der Waals surface area contributed by atoms with E-state index in [1.54, 1.807) is 25.1 Å². The highest BCUT2D eigenvalue weighted by molar-refractivity contribution is 7.92. The summed E-state index contributed by atoms with van der Waals surface area (Å²) in [4.78, 5) is 11.8. The summed E-state index contributed by atoms with van der Waals surface area (Å²) in [5, 5.41) is 9.08. The lowest BCUT2D eigenvalue weighted by atomic mass is 10.2. The van der Waals surface area contributed by atoms with E-state index in [-0.39, 0.29) is 17.1 Å². The number of fused-ring (bicyclic) bond motifs is 1. The molecular formula is C22H23ClN4O4S. The number of carbonyl (C=O) groups excluding carboxylic acids is 1. The molecule has 0 bridgehead atoms. The van der Waals surface area contributed by atoms with Crippen LogP contribution < -0.4 is 4.72 Å². The Morgan fingerprint density at radius 1 is 1.12 bits per heavy atom. The molecule has 4 rings (SSSR count). The molecule has 0 radical (unpaired) electrons. The smallest absolute Gasteiger partial charge is 0.338 e. The van der Waals surface area contributed by atoms with Gasteiger partial charge in [0.2, 0.25) is 0 Å². The van der Waals surface area contributed by atoms with Crippen LogP contribution in [-0.4, -0.2) is 35.8 Å². The number of nitrogens with one attached hydrogen (secondary N) is 1. The number of halogens is 1. The van der Waals surface area contributed by atoms with Gasteiger partial charge in [-0.1, -0.05) is 18.0 Å². The van der Waals surface area contributed by atoms with E-state index in [9.17, 15) is 13.2 Å². The highest BCUT2D eigenvalue weighted by Gasteiger charge is 2.20. The number of aromatic nitrogens is 3. The Morgan fingerprint density at radius 3 is 2.66 bits per heavy atom. The van der Waals surface area contributed by atoms with Gasteiger partial charge in [-0.25, -0.2) is 13.2 Å². The minimum Gasteiger partial charge on any atom is -0.462 e. The second-order valence-corrected chi connectivity index (χ2v) is 9.54. The molecule has 0 spiro atoms. The number of hydrogen-bond acceptors (Lipinski definition) is 6. The summed E-state index contributed by atoms with van der Waals surface area (Å²) in [6.45, 7) is 2.75. The van der Waals surface area contributed by atoms with Gasteiger partial charge in [-0.15, -0.1) is 10.2 Å². The molecule has 2 aromatic carbocycles. The van der Waals surface area contributed by atoms with Crippen molar-refractivity contribution in [2.24, 2.45) is 0 Å². The zero-order chi connectivity index (χ0) is 22.7. The quantitative estimate of drug-likeness (QED) is 0.534. The minimum absolute atomic E-state index is 0.0263. The van der Waals surface area contributed by atoms with Crippen molar-refractivity contribution >= 4 is 33.3 Å². The third-order valence-corrected chi connectivity index (χ3v) is 6.97. The van der Waals surface area contributed by atoms with Gasteiger partial charge in [0, 0.05) is 24.2 Å². The van der Waals surface area contributed by atoms with Crippen molar-refractivity contribution in [1.82, 2.24) is 14.8 Å². The number of nitrogens with zero attached hydrogens (tertiary/aromatic N) is 3. The Hall–Kier alpha value is -2.91. The zero-order valence-electron chi connectivity index (χ0n) is 17.5. The largest absolute Gasteiger partial charge is 0.462 e. The van der Waals surface area contributed by atoms with Crippen molar-refractivity contribution in [2.75, 3.05) is 11.3 Å². The molecule has 8 nitrogen and oxygen atoms in total. The van der Waals surface area contributed by atoms with Crippen LogP contribution in [0, 0.1) is 0 Å². The fourth-order valence-electron chi connectivity index (χ4n) is 3.64. The number of esters is 1. The summed E-state index contributed by atoms with van der Waals surface area (Å²) < 4.78 is 35.3. The summed E-state index contributed by atoms with van der Waals surface area (Å²) in [5.41, 5.74) is 1.25. The fourth-order valence-corrected chi connectivity index (χ4v) is 4.89. The number of benzene rings is 2. The lowest BCUT2D eigenvalue weighted by molar-refractivity contribution is 0.0526. The van der Waals surface area contributed by atoms with Gasteiger partial charge in [0.05, 0.1) is 22.1 Å². The first-order valence-corrected chi connectivity index (χ1v) is 12.3. The first-order valence-electron chi connectivity index (χ1n) is 10.4. The van der Waals surface area contributed by atoms with Crippen molar-refractivity contribution in [1.29, 1.82) is 0 Å². The van der Waals surface area contributed by atoms with Crippen LogP contribution in [0.1, 0.15) is 42.4 Å². The van der Waals surface area contributed by atoms with E-state index in [4.69, 9.17) is 16.3 Å².